The summed E-state index contributed by atoms with van der Waals surface area (Å²) in [4.78, 5) is 12.3. The van der Waals surface area contributed by atoms with Crippen molar-refractivity contribution in [3.8, 4) is 11.4 Å². The molecule has 0 bridgehead atoms. The van der Waals surface area contributed by atoms with Gasteiger partial charge in [0.15, 0.2) is 5.65 Å². The van der Waals surface area contributed by atoms with E-state index in [9.17, 15) is 0 Å². The first-order valence-corrected chi connectivity index (χ1v) is 9.39. The maximum Gasteiger partial charge on any atom is 0.237 e. The van der Waals surface area contributed by atoms with Gasteiger partial charge in [-0.15, -0.1) is 10.2 Å². The lowest BCUT2D eigenvalue weighted by Crippen LogP contribution is -1.92. The highest BCUT2D eigenvalue weighted by molar-refractivity contribution is 7.98. The summed E-state index contributed by atoms with van der Waals surface area (Å²) in [6.45, 7) is 2.02. The number of nitrogens with one attached hydrogen (secondary N) is 1. The normalized spacial score (nSPS) is 11.4. The summed E-state index contributed by atoms with van der Waals surface area (Å²) in [5, 5.41) is 14.2. The first-order valence-electron chi connectivity index (χ1n) is 8.40. The lowest BCUT2D eigenvalue weighted by atomic mass is 10.1. The zero-order valence-electron chi connectivity index (χ0n) is 14.4. The Balaban J connectivity index is 1.37. The van der Waals surface area contributed by atoms with E-state index in [1.165, 1.54) is 11.8 Å². The minimum absolute atomic E-state index is 0.478. The number of thioether (sulfide) groups is 1. The van der Waals surface area contributed by atoms with E-state index in [0.717, 1.165) is 33.2 Å². The number of para-hydroxylation sites is 1. The number of aromatic amines is 1. The van der Waals surface area contributed by atoms with Gasteiger partial charge in [0.05, 0.1) is 5.75 Å². The molecule has 0 spiro atoms. The summed E-state index contributed by atoms with van der Waals surface area (Å²) in [5.41, 5.74) is 4.56. The number of rotatable bonds is 4. The van der Waals surface area contributed by atoms with Gasteiger partial charge in [-0.2, -0.15) is 4.98 Å². The maximum atomic E-state index is 5.37. The van der Waals surface area contributed by atoms with Crippen LogP contribution in [0.5, 0.6) is 0 Å². The summed E-state index contributed by atoms with van der Waals surface area (Å²) in [7, 11) is 0. The number of hydrogen-bond acceptors (Lipinski definition) is 7. The first kappa shape index (κ1) is 16.0. The second-order valence-electron chi connectivity index (χ2n) is 6.08. The summed E-state index contributed by atoms with van der Waals surface area (Å²) >= 11 is 1.41. The Morgan fingerprint density at radius 2 is 1.85 bits per heavy atom. The van der Waals surface area contributed by atoms with Crippen molar-refractivity contribution >= 4 is 33.8 Å². The quantitative estimate of drug-likeness (QED) is 0.472. The van der Waals surface area contributed by atoms with Gasteiger partial charge in [-0.3, -0.25) is 0 Å². The predicted molar refractivity (Wildman–Crippen MR) is 103 cm³/mol. The van der Waals surface area contributed by atoms with Gasteiger partial charge in [0, 0.05) is 16.5 Å². The van der Waals surface area contributed by atoms with Crippen molar-refractivity contribution in [3.63, 3.8) is 0 Å². The highest BCUT2D eigenvalue weighted by atomic mass is 32.2. The van der Waals surface area contributed by atoms with Gasteiger partial charge in [0.2, 0.25) is 16.9 Å². The fourth-order valence-electron chi connectivity index (χ4n) is 2.94. The molecule has 0 aliphatic carbocycles. The van der Waals surface area contributed by atoms with Crippen LogP contribution in [0.1, 0.15) is 11.5 Å². The van der Waals surface area contributed by atoms with Crippen molar-refractivity contribution in [2.24, 2.45) is 0 Å². The van der Waals surface area contributed by atoms with Crippen LogP contribution in [0.15, 0.2) is 58.2 Å². The van der Waals surface area contributed by atoms with Crippen molar-refractivity contribution in [3.05, 3.63) is 60.0 Å². The van der Waals surface area contributed by atoms with Crippen LogP contribution in [-0.4, -0.2) is 30.3 Å². The molecule has 0 saturated carbocycles. The maximum absolute atomic E-state index is 5.37. The van der Waals surface area contributed by atoms with Gasteiger partial charge in [-0.05, 0) is 18.6 Å². The monoisotopic (exact) mass is 374 g/mol. The zero-order chi connectivity index (χ0) is 18.2. The number of aryl methyl sites for hydroxylation is 1. The Labute approximate surface area is 158 Å². The lowest BCUT2D eigenvalue weighted by molar-refractivity contribution is 0.391. The molecular formula is C19H14N6OS. The largest absolute Gasteiger partial charge is 0.338 e. The Kier molecular flexibility index (Phi) is 3.83. The van der Waals surface area contributed by atoms with Gasteiger partial charge in [0.25, 0.3) is 0 Å². The van der Waals surface area contributed by atoms with Crippen LogP contribution in [-0.2, 0) is 5.75 Å². The van der Waals surface area contributed by atoms with Crippen LogP contribution < -0.4 is 0 Å². The van der Waals surface area contributed by atoms with Gasteiger partial charge in [0.1, 0.15) is 5.52 Å². The molecule has 3 heterocycles. The van der Waals surface area contributed by atoms with Crippen LogP contribution in [0.4, 0.5) is 0 Å². The first-order chi connectivity index (χ1) is 13.3. The van der Waals surface area contributed by atoms with E-state index in [1.54, 1.807) is 0 Å². The van der Waals surface area contributed by atoms with Crippen molar-refractivity contribution in [2.45, 2.75) is 17.8 Å². The number of aromatic nitrogens is 6. The van der Waals surface area contributed by atoms with E-state index in [2.05, 4.69) is 30.3 Å². The van der Waals surface area contributed by atoms with Crippen molar-refractivity contribution in [1.82, 2.24) is 30.3 Å². The van der Waals surface area contributed by atoms with Gasteiger partial charge < -0.3 is 9.51 Å². The molecule has 8 heteroatoms. The molecule has 3 aromatic heterocycles. The summed E-state index contributed by atoms with van der Waals surface area (Å²) in [6.07, 6.45) is 0. The molecule has 0 saturated heterocycles. The number of benzene rings is 2. The molecule has 5 rings (SSSR count). The van der Waals surface area contributed by atoms with Crippen molar-refractivity contribution in [2.75, 3.05) is 0 Å². The molecule has 0 aliphatic heterocycles. The highest BCUT2D eigenvalue weighted by Gasteiger charge is 2.13. The van der Waals surface area contributed by atoms with Crippen LogP contribution in [0.2, 0.25) is 0 Å². The third-order valence-electron chi connectivity index (χ3n) is 4.28. The third-order valence-corrected chi connectivity index (χ3v) is 5.10. The fourth-order valence-corrected chi connectivity index (χ4v) is 3.56. The SMILES string of the molecule is Cc1ccccc1-c1noc(CSc2nnc3c(n2)[nH]c2ccccc23)n1. The standard InChI is InChI=1S/C19H14N6OS/c1-11-6-2-3-7-12(11)17-21-15(26-25-17)10-27-19-22-18-16(23-24-19)13-8-4-5-9-14(13)20-18/h2-9H,10H2,1H3,(H,20,22,24). The molecule has 0 atom stereocenters. The van der Waals surface area contributed by atoms with Crippen LogP contribution >= 0.6 is 11.8 Å². The van der Waals surface area contributed by atoms with E-state index in [0.29, 0.717) is 22.6 Å². The molecule has 5 aromatic rings. The molecular weight excluding hydrogens is 360 g/mol. The van der Waals surface area contributed by atoms with Crippen LogP contribution in [0, 0.1) is 6.92 Å². The molecule has 0 radical (unpaired) electrons. The van der Waals surface area contributed by atoms with Gasteiger partial charge in [-0.1, -0.05) is 59.4 Å². The molecule has 7 nitrogen and oxygen atoms in total. The Morgan fingerprint density at radius 1 is 1.00 bits per heavy atom. The third kappa shape index (κ3) is 2.93. The molecule has 0 amide bonds. The molecule has 0 aliphatic rings. The molecule has 132 valence electrons. The summed E-state index contributed by atoms with van der Waals surface area (Å²) < 4.78 is 5.37. The summed E-state index contributed by atoms with van der Waals surface area (Å²) in [6, 6.07) is 15.9. The molecule has 0 fully saturated rings. The average Bonchev–Trinajstić information content (AvgIpc) is 3.31. The van der Waals surface area contributed by atoms with E-state index >= 15 is 0 Å². The van der Waals surface area contributed by atoms with Crippen molar-refractivity contribution in [1.29, 1.82) is 0 Å². The Hall–Kier alpha value is -3.26. The lowest BCUT2D eigenvalue weighted by Gasteiger charge is -1.98. The summed E-state index contributed by atoms with van der Waals surface area (Å²) in [5.74, 6) is 1.60. The predicted octanol–water partition coefficient (Wildman–Crippen LogP) is 4.16. The smallest absolute Gasteiger partial charge is 0.237 e. The highest BCUT2D eigenvalue weighted by Crippen LogP contribution is 2.25. The number of H-pyrrole nitrogens is 1. The number of nitrogens with zero attached hydrogens (tertiary/aromatic N) is 5. The minimum atomic E-state index is 0.478. The minimum Gasteiger partial charge on any atom is -0.338 e. The van der Waals surface area contributed by atoms with Crippen LogP contribution in [0.3, 0.4) is 0 Å². The fraction of sp³-hybridized carbons (Fsp3) is 0.105. The van der Waals surface area contributed by atoms with Crippen LogP contribution in [0.25, 0.3) is 33.5 Å². The molecule has 1 N–H and O–H groups in total. The van der Waals surface area contributed by atoms with E-state index in [-0.39, 0.29) is 0 Å². The molecule has 0 unspecified atom stereocenters. The number of hydrogen-bond donors (Lipinski definition) is 1. The average molecular weight is 374 g/mol. The van der Waals surface area contributed by atoms with E-state index < -0.39 is 0 Å². The Morgan fingerprint density at radius 3 is 2.78 bits per heavy atom. The zero-order valence-corrected chi connectivity index (χ0v) is 15.2. The van der Waals surface area contributed by atoms with Crippen molar-refractivity contribution < 1.29 is 4.52 Å². The topological polar surface area (TPSA) is 93.4 Å². The Bertz CT molecular complexity index is 1260. The number of fused-ring (bicyclic) bond motifs is 3. The van der Waals surface area contributed by atoms with Gasteiger partial charge >= 0.3 is 0 Å². The van der Waals surface area contributed by atoms with E-state index in [4.69, 9.17) is 4.52 Å². The second-order valence-corrected chi connectivity index (χ2v) is 7.02. The van der Waals surface area contributed by atoms with E-state index in [1.807, 2.05) is 55.5 Å². The van der Waals surface area contributed by atoms with Gasteiger partial charge in [-0.25, -0.2) is 4.98 Å². The molecule has 27 heavy (non-hydrogen) atoms. The second kappa shape index (κ2) is 6.48. The molecule has 2 aromatic carbocycles.